The molecule has 3 rings (SSSR count). The van der Waals surface area contributed by atoms with Gasteiger partial charge in [0.05, 0.1) is 40.9 Å². The van der Waals surface area contributed by atoms with Crippen LogP contribution in [0.15, 0.2) is 41.3 Å². The van der Waals surface area contributed by atoms with E-state index in [0.29, 0.717) is 24.5 Å². The van der Waals surface area contributed by atoms with Crippen LogP contribution in [0.5, 0.6) is 5.75 Å². The highest BCUT2D eigenvalue weighted by atomic mass is 35.5. The second kappa shape index (κ2) is 10.3. The Kier molecular flexibility index (Phi) is 7.67. The predicted octanol–water partition coefficient (Wildman–Crippen LogP) is 2.85. The number of nitro groups is 1. The summed E-state index contributed by atoms with van der Waals surface area (Å²) in [4.78, 5) is 22.9. The van der Waals surface area contributed by atoms with Crippen molar-refractivity contribution in [3.63, 3.8) is 0 Å². The van der Waals surface area contributed by atoms with Gasteiger partial charge in [0, 0.05) is 31.6 Å². The van der Waals surface area contributed by atoms with Gasteiger partial charge in [-0.05, 0) is 36.2 Å². The number of hydrogen-bond acceptors (Lipinski definition) is 7. The van der Waals surface area contributed by atoms with Crippen LogP contribution in [0.3, 0.4) is 0 Å². The highest BCUT2D eigenvalue weighted by molar-refractivity contribution is 7.89. The van der Waals surface area contributed by atoms with Crippen LogP contribution in [-0.2, 0) is 26.0 Å². The molecule has 10 nitrogen and oxygen atoms in total. The third kappa shape index (κ3) is 5.54. The minimum atomic E-state index is -3.70. The second-order valence-electron chi connectivity index (χ2n) is 6.96. The van der Waals surface area contributed by atoms with Gasteiger partial charge in [-0.15, -0.1) is 0 Å². The number of nitrogens with zero attached hydrogens (tertiary/aromatic N) is 2. The SMILES string of the molecule is COc1ccc(S(=O)(=O)N2CCOCC2)cc1CCC(=O)Nc1cc([N+](=O)[O-])ccc1Cl. The Balaban J connectivity index is 1.74. The number of aryl methyl sites for hydroxylation is 1. The zero-order chi connectivity index (χ0) is 23.3. The molecule has 0 bridgehead atoms. The quantitative estimate of drug-likeness (QED) is 0.451. The van der Waals surface area contributed by atoms with Crippen molar-refractivity contribution in [2.24, 2.45) is 0 Å². The molecule has 1 N–H and O–H groups in total. The zero-order valence-corrected chi connectivity index (χ0v) is 18.8. The fourth-order valence-electron chi connectivity index (χ4n) is 3.23. The van der Waals surface area contributed by atoms with E-state index in [4.69, 9.17) is 21.1 Å². The Morgan fingerprint density at radius 3 is 2.62 bits per heavy atom. The summed E-state index contributed by atoms with van der Waals surface area (Å²) in [5.74, 6) is 0.0167. The molecule has 1 amide bonds. The maximum atomic E-state index is 12.9. The first-order valence-electron chi connectivity index (χ1n) is 9.71. The summed E-state index contributed by atoms with van der Waals surface area (Å²) < 4.78 is 37.7. The average Bonchev–Trinajstić information content (AvgIpc) is 2.79. The molecule has 0 saturated carbocycles. The van der Waals surface area contributed by atoms with Crippen LogP contribution in [0.4, 0.5) is 11.4 Å². The van der Waals surface area contributed by atoms with Crippen LogP contribution in [-0.4, -0.2) is 57.0 Å². The van der Waals surface area contributed by atoms with Gasteiger partial charge in [0.1, 0.15) is 5.75 Å². The van der Waals surface area contributed by atoms with Crippen molar-refractivity contribution in [3.05, 3.63) is 57.1 Å². The highest BCUT2D eigenvalue weighted by Crippen LogP contribution is 2.28. The Morgan fingerprint density at radius 2 is 1.97 bits per heavy atom. The summed E-state index contributed by atoms with van der Waals surface area (Å²) in [5, 5.41) is 13.7. The number of amides is 1. The van der Waals surface area contributed by atoms with E-state index in [9.17, 15) is 23.3 Å². The number of benzene rings is 2. The van der Waals surface area contributed by atoms with E-state index in [0.717, 1.165) is 0 Å². The molecule has 1 aliphatic heterocycles. The number of ether oxygens (including phenoxy) is 2. The van der Waals surface area contributed by atoms with Crippen LogP contribution in [0.2, 0.25) is 5.02 Å². The number of nitrogens with one attached hydrogen (secondary N) is 1. The van der Waals surface area contributed by atoms with Crippen LogP contribution in [0, 0.1) is 10.1 Å². The van der Waals surface area contributed by atoms with E-state index in [1.165, 1.54) is 41.7 Å². The number of carbonyl (C=O) groups excluding carboxylic acids is 1. The van der Waals surface area contributed by atoms with Crippen molar-refractivity contribution in [2.45, 2.75) is 17.7 Å². The summed E-state index contributed by atoms with van der Waals surface area (Å²) in [7, 11) is -2.24. The van der Waals surface area contributed by atoms with Gasteiger partial charge in [0.2, 0.25) is 15.9 Å². The highest BCUT2D eigenvalue weighted by Gasteiger charge is 2.27. The largest absolute Gasteiger partial charge is 0.496 e. The van der Waals surface area contributed by atoms with Gasteiger partial charge in [-0.3, -0.25) is 14.9 Å². The molecule has 1 aliphatic rings. The molecule has 172 valence electrons. The molecule has 1 fully saturated rings. The van der Waals surface area contributed by atoms with Gasteiger partial charge in [0.25, 0.3) is 5.69 Å². The smallest absolute Gasteiger partial charge is 0.271 e. The number of anilines is 1. The monoisotopic (exact) mass is 483 g/mol. The molecule has 2 aromatic carbocycles. The first-order valence-corrected chi connectivity index (χ1v) is 11.5. The zero-order valence-electron chi connectivity index (χ0n) is 17.2. The van der Waals surface area contributed by atoms with Gasteiger partial charge in [0.15, 0.2) is 0 Å². The first kappa shape index (κ1) is 23.9. The standard InChI is InChI=1S/C20H22ClN3O7S/c1-30-19-6-4-16(32(28,29)23-8-10-31-11-9-23)12-14(19)2-7-20(25)22-18-13-15(24(26)27)3-5-17(18)21/h3-6,12-13H,2,7-11H2,1H3,(H,22,25). The number of hydrogen-bond donors (Lipinski definition) is 1. The average molecular weight is 484 g/mol. The number of carbonyl (C=O) groups is 1. The first-order chi connectivity index (χ1) is 15.2. The lowest BCUT2D eigenvalue weighted by atomic mass is 10.1. The molecule has 0 aromatic heterocycles. The van der Waals surface area contributed by atoms with Crippen molar-refractivity contribution in [1.29, 1.82) is 0 Å². The Morgan fingerprint density at radius 1 is 1.25 bits per heavy atom. The molecule has 1 heterocycles. The molecular formula is C20H22ClN3O7S. The van der Waals surface area contributed by atoms with E-state index in [2.05, 4.69) is 5.32 Å². The summed E-state index contributed by atoms with van der Waals surface area (Å²) in [6.45, 7) is 1.22. The van der Waals surface area contributed by atoms with Crippen LogP contribution >= 0.6 is 11.6 Å². The molecular weight excluding hydrogens is 462 g/mol. The fraction of sp³-hybridized carbons (Fsp3) is 0.350. The normalized spacial score (nSPS) is 14.7. The lowest BCUT2D eigenvalue weighted by molar-refractivity contribution is -0.384. The summed E-state index contributed by atoms with van der Waals surface area (Å²) >= 11 is 6.02. The third-order valence-electron chi connectivity index (χ3n) is 4.92. The van der Waals surface area contributed by atoms with Crippen molar-refractivity contribution < 1.29 is 27.6 Å². The number of sulfonamides is 1. The molecule has 32 heavy (non-hydrogen) atoms. The van der Waals surface area contributed by atoms with Crippen molar-refractivity contribution in [1.82, 2.24) is 4.31 Å². The second-order valence-corrected chi connectivity index (χ2v) is 9.30. The number of rotatable bonds is 8. The molecule has 0 atom stereocenters. The molecule has 12 heteroatoms. The minimum Gasteiger partial charge on any atom is -0.496 e. The number of non-ortho nitro benzene ring substituents is 1. The Bertz CT molecular complexity index is 1120. The maximum absolute atomic E-state index is 12.9. The van der Waals surface area contributed by atoms with Crippen molar-refractivity contribution >= 4 is 38.9 Å². The predicted molar refractivity (Wildman–Crippen MR) is 118 cm³/mol. The van der Waals surface area contributed by atoms with Gasteiger partial charge >= 0.3 is 0 Å². The summed E-state index contributed by atoms with van der Waals surface area (Å²) in [6.07, 6.45) is 0.171. The Labute approximate surface area is 190 Å². The fourth-order valence-corrected chi connectivity index (χ4v) is 4.85. The molecule has 0 radical (unpaired) electrons. The van der Waals surface area contributed by atoms with E-state index in [-0.39, 0.29) is 47.2 Å². The molecule has 1 saturated heterocycles. The minimum absolute atomic E-state index is 0.0174. The molecule has 0 unspecified atom stereocenters. The molecule has 0 aliphatic carbocycles. The van der Waals surface area contributed by atoms with Crippen molar-refractivity contribution in [2.75, 3.05) is 38.7 Å². The third-order valence-corrected chi connectivity index (χ3v) is 7.14. The summed E-state index contributed by atoms with van der Waals surface area (Å²) in [5.41, 5.74) is 0.469. The van der Waals surface area contributed by atoms with Gasteiger partial charge in [-0.2, -0.15) is 4.31 Å². The lowest BCUT2D eigenvalue weighted by Crippen LogP contribution is -2.40. The van der Waals surface area contributed by atoms with E-state index >= 15 is 0 Å². The van der Waals surface area contributed by atoms with Gasteiger partial charge < -0.3 is 14.8 Å². The van der Waals surface area contributed by atoms with Crippen LogP contribution in [0.25, 0.3) is 0 Å². The molecule has 2 aromatic rings. The number of halogens is 1. The number of methoxy groups -OCH3 is 1. The number of nitro benzene ring substituents is 1. The van der Waals surface area contributed by atoms with E-state index in [1.807, 2.05) is 0 Å². The van der Waals surface area contributed by atoms with Gasteiger partial charge in [-0.25, -0.2) is 8.42 Å². The topological polar surface area (TPSA) is 128 Å². The lowest BCUT2D eigenvalue weighted by Gasteiger charge is -2.26. The maximum Gasteiger partial charge on any atom is 0.271 e. The van der Waals surface area contributed by atoms with Crippen LogP contribution in [0.1, 0.15) is 12.0 Å². The van der Waals surface area contributed by atoms with Gasteiger partial charge in [-0.1, -0.05) is 11.6 Å². The summed E-state index contributed by atoms with van der Waals surface area (Å²) in [6, 6.07) is 8.27. The molecule has 0 spiro atoms. The van der Waals surface area contributed by atoms with E-state index < -0.39 is 20.9 Å². The Hall–Kier alpha value is -2.73. The van der Waals surface area contributed by atoms with Crippen molar-refractivity contribution in [3.8, 4) is 5.75 Å². The van der Waals surface area contributed by atoms with Crippen LogP contribution < -0.4 is 10.1 Å². The van der Waals surface area contributed by atoms with E-state index in [1.54, 1.807) is 6.07 Å². The number of morpholine rings is 1.